The normalized spacial score (nSPS) is 24.8. The molecule has 0 saturated carbocycles. The van der Waals surface area contributed by atoms with E-state index in [1.807, 2.05) is 14.7 Å². The Morgan fingerprint density at radius 2 is 1.90 bits per heavy atom. The van der Waals surface area contributed by atoms with Crippen molar-refractivity contribution in [2.75, 3.05) is 52.5 Å². The van der Waals surface area contributed by atoms with Crippen molar-refractivity contribution in [3.63, 3.8) is 0 Å². The van der Waals surface area contributed by atoms with Crippen LogP contribution in [0.2, 0.25) is 0 Å². The maximum absolute atomic E-state index is 12.5. The summed E-state index contributed by atoms with van der Waals surface area (Å²) in [7, 11) is 0. The molecule has 2 rings (SSSR count). The number of amides is 2. The summed E-state index contributed by atoms with van der Waals surface area (Å²) in [6.45, 7) is 6.41. The second-order valence-electron chi connectivity index (χ2n) is 5.27. The molecule has 1 unspecified atom stereocenters. The first-order chi connectivity index (χ1) is 9.61. The van der Waals surface area contributed by atoms with Crippen molar-refractivity contribution in [2.45, 2.75) is 19.4 Å². The minimum atomic E-state index is -0.816. The van der Waals surface area contributed by atoms with Crippen LogP contribution in [0.4, 0.5) is 4.79 Å². The number of urea groups is 1. The van der Waals surface area contributed by atoms with Gasteiger partial charge in [-0.25, -0.2) is 4.79 Å². The standard InChI is InChI=1S/C13H23N3O4/c1-2-11-10-20-8-7-16(11)13(19)15-5-3-14(4-6-15)9-12(17)18/h11H,2-10H2,1H3,(H,17,18). The molecule has 20 heavy (non-hydrogen) atoms. The first-order valence-electron chi connectivity index (χ1n) is 7.19. The van der Waals surface area contributed by atoms with Crippen LogP contribution in [-0.4, -0.2) is 90.3 Å². The Bertz CT molecular complexity index is 356. The van der Waals surface area contributed by atoms with Crippen LogP contribution in [0.25, 0.3) is 0 Å². The molecule has 114 valence electrons. The second kappa shape index (κ2) is 6.90. The van der Waals surface area contributed by atoms with E-state index in [0.29, 0.717) is 45.9 Å². The van der Waals surface area contributed by atoms with Crippen LogP contribution in [0.1, 0.15) is 13.3 Å². The lowest BCUT2D eigenvalue weighted by molar-refractivity contribution is -0.138. The molecule has 0 radical (unpaired) electrons. The monoisotopic (exact) mass is 285 g/mol. The topological polar surface area (TPSA) is 73.3 Å². The van der Waals surface area contributed by atoms with Crippen LogP contribution in [0.3, 0.4) is 0 Å². The maximum Gasteiger partial charge on any atom is 0.320 e. The number of hydrogen-bond donors (Lipinski definition) is 1. The number of nitrogens with zero attached hydrogens (tertiary/aromatic N) is 3. The highest BCUT2D eigenvalue weighted by Crippen LogP contribution is 2.14. The maximum atomic E-state index is 12.5. The number of rotatable bonds is 3. The molecule has 2 saturated heterocycles. The SMILES string of the molecule is CCC1COCCN1C(=O)N1CCN(CC(=O)O)CC1. The zero-order chi connectivity index (χ0) is 14.5. The number of piperazine rings is 1. The fourth-order valence-corrected chi connectivity index (χ4v) is 2.72. The summed E-state index contributed by atoms with van der Waals surface area (Å²) in [6.07, 6.45) is 0.894. The van der Waals surface area contributed by atoms with Crippen molar-refractivity contribution in [1.29, 1.82) is 0 Å². The first kappa shape index (κ1) is 15.1. The zero-order valence-corrected chi connectivity index (χ0v) is 12.0. The predicted molar refractivity (Wildman–Crippen MR) is 72.6 cm³/mol. The summed E-state index contributed by atoms with van der Waals surface area (Å²) in [5.41, 5.74) is 0. The van der Waals surface area contributed by atoms with Crippen molar-refractivity contribution in [3.8, 4) is 0 Å². The Morgan fingerprint density at radius 3 is 2.50 bits per heavy atom. The van der Waals surface area contributed by atoms with Gasteiger partial charge in [0.2, 0.25) is 0 Å². The first-order valence-corrected chi connectivity index (χ1v) is 7.19. The number of carbonyl (C=O) groups is 2. The molecule has 1 atom stereocenters. The minimum Gasteiger partial charge on any atom is -0.480 e. The molecule has 2 heterocycles. The smallest absolute Gasteiger partial charge is 0.320 e. The van der Waals surface area contributed by atoms with Gasteiger partial charge in [0.05, 0.1) is 25.8 Å². The molecule has 0 aromatic rings. The average Bonchev–Trinajstić information content (AvgIpc) is 2.46. The second-order valence-corrected chi connectivity index (χ2v) is 5.27. The van der Waals surface area contributed by atoms with Crippen molar-refractivity contribution in [2.24, 2.45) is 0 Å². The molecule has 7 heteroatoms. The summed E-state index contributed by atoms with van der Waals surface area (Å²) >= 11 is 0. The summed E-state index contributed by atoms with van der Waals surface area (Å²) in [4.78, 5) is 28.8. The van der Waals surface area contributed by atoms with E-state index in [-0.39, 0.29) is 18.6 Å². The highest BCUT2D eigenvalue weighted by molar-refractivity contribution is 5.75. The van der Waals surface area contributed by atoms with E-state index in [1.165, 1.54) is 0 Å². The van der Waals surface area contributed by atoms with E-state index in [1.54, 1.807) is 0 Å². The molecule has 2 fully saturated rings. The van der Waals surface area contributed by atoms with E-state index >= 15 is 0 Å². The molecule has 0 spiro atoms. The van der Waals surface area contributed by atoms with Gasteiger partial charge < -0.3 is 19.6 Å². The van der Waals surface area contributed by atoms with E-state index in [2.05, 4.69) is 6.92 Å². The lowest BCUT2D eigenvalue weighted by Gasteiger charge is -2.41. The van der Waals surface area contributed by atoms with Crippen molar-refractivity contribution in [1.82, 2.24) is 14.7 Å². The Labute approximate surface area is 119 Å². The van der Waals surface area contributed by atoms with Gasteiger partial charge in [-0.1, -0.05) is 6.92 Å². The van der Waals surface area contributed by atoms with Gasteiger partial charge >= 0.3 is 12.0 Å². The number of hydrogen-bond acceptors (Lipinski definition) is 4. The number of carboxylic acids is 1. The Hall–Kier alpha value is -1.34. The Kier molecular flexibility index (Phi) is 5.19. The fraction of sp³-hybridized carbons (Fsp3) is 0.846. The third kappa shape index (κ3) is 3.61. The number of carbonyl (C=O) groups excluding carboxylic acids is 1. The molecule has 0 aromatic heterocycles. The highest BCUT2D eigenvalue weighted by atomic mass is 16.5. The summed E-state index contributed by atoms with van der Waals surface area (Å²) in [5, 5.41) is 8.77. The third-order valence-electron chi connectivity index (χ3n) is 3.95. The van der Waals surface area contributed by atoms with E-state index in [9.17, 15) is 9.59 Å². The molecule has 0 aliphatic carbocycles. The Morgan fingerprint density at radius 1 is 1.20 bits per heavy atom. The number of aliphatic carboxylic acids is 1. The van der Waals surface area contributed by atoms with Gasteiger partial charge in [-0.3, -0.25) is 9.69 Å². The van der Waals surface area contributed by atoms with E-state index in [4.69, 9.17) is 9.84 Å². The molecule has 1 N–H and O–H groups in total. The summed E-state index contributed by atoms with van der Waals surface area (Å²) in [5.74, 6) is -0.816. The lowest BCUT2D eigenvalue weighted by atomic mass is 10.2. The van der Waals surface area contributed by atoms with E-state index < -0.39 is 5.97 Å². The molecule has 2 aliphatic rings. The van der Waals surface area contributed by atoms with Crippen LogP contribution >= 0.6 is 0 Å². The van der Waals surface area contributed by atoms with Gasteiger partial charge in [-0.05, 0) is 6.42 Å². The summed E-state index contributed by atoms with van der Waals surface area (Å²) < 4.78 is 5.42. The molecular formula is C13H23N3O4. The Balaban J connectivity index is 1.86. The fourth-order valence-electron chi connectivity index (χ4n) is 2.72. The van der Waals surface area contributed by atoms with E-state index in [0.717, 1.165) is 6.42 Å². The van der Waals surface area contributed by atoms with Crippen LogP contribution < -0.4 is 0 Å². The lowest BCUT2D eigenvalue weighted by Crippen LogP contribution is -2.57. The molecule has 7 nitrogen and oxygen atoms in total. The molecule has 0 aromatic carbocycles. The third-order valence-corrected chi connectivity index (χ3v) is 3.95. The van der Waals surface area contributed by atoms with Crippen LogP contribution in [0, 0.1) is 0 Å². The van der Waals surface area contributed by atoms with Gasteiger partial charge in [-0.2, -0.15) is 0 Å². The van der Waals surface area contributed by atoms with Crippen LogP contribution in [-0.2, 0) is 9.53 Å². The van der Waals surface area contributed by atoms with Gasteiger partial charge in [0.15, 0.2) is 0 Å². The van der Waals surface area contributed by atoms with Gasteiger partial charge in [0.1, 0.15) is 0 Å². The van der Waals surface area contributed by atoms with Crippen LogP contribution in [0.15, 0.2) is 0 Å². The van der Waals surface area contributed by atoms with Crippen molar-refractivity contribution < 1.29 is 19.4 Å². The minimum absolute atomic E-state index is 0.0527. The van der Waals surface area contributed by atoms with Crippen molar-refractivity contribution in [3.05, 3.63) is 0 Å². The number of carboxylic acid groups (broad SMARTS) is 1. The molecule has 0 bridgehead atoms. The van der Waals surface area contributed by atoms with Gasteiger partial charge in [-0.15, -0.1) is 0 Å². The predicted octanol–water partition coefficient (Wildman–Crippen LogP) is -0.0806. The number of morpholine rings is 1. The molecular weight excluding hydrogens is 262 g/mol. The van der Waals surface area contributed by atoms with Gasteiger partial charge in [0, 0.05) is 32.7 Å². The van der Waals surface area contributed by atoms with Gasteiger partial charge in [0.25, 0.3) is 0 Å². The summed E-state index contributed by atoms with van der Waals surface area (Å²) in [6, 6.07) is 0.225. The molecule has 2 amide bonds. The molecule has 2 aliphatic heterocycles. The number of ether oxygens (including phenoxy) is 1. The van der Waals surface area contributed by atoms with Crippen molar-refractivity contribution >= 4 is 12.0 Å². The largest absolute Gasteiger partial charge is 0.480 e. The average molecular weight is 285 g/mol. The highest BCUT2D eigenvalue weighted by Gasteiger charge is 2.31. The quantitative estimate of drug-likeness (QED) is 0.785. The van der Waals surface area contributed by atoms with Crippen LogP contribution in [0.5, 0.6) is 0 Å². The zero-order valence-electron chi connectivity index (χ0n) is 12.0.